The Kier molecular flexibility index (Phi) is 3.27. The van der Waals surface area contributed by atoms with E-state index in [-0.39, 0.29) is 12.2 Å². The van der Waals surface area contributed by atoms with Gasteiger partial charge >= 0.3 is 0 Å². The topological polar surface area (TPSA) is 41.5 Å². The molecule has 0 radical (unpaired) electrons. The monoisotopic (exact) mass is 247 g/mol. The van der Waals surface area contributed by atoms with E-state index in [4.69, 9.17) is 4.74 Å². The van der Waals surface area contributed by atoms with E-state index >= 15 is 0 Å². The summed E-state index contributed by atoms with van der Waals surface area (Å²) in [5, 5.41) is 13.8. The van der Waals surface area contributed by atoms with Crippen molar-refractivity contribution in [3.8, 4) is 5.75 Å². The molecule has 3 nitrogen and oxygen atoms in total. The van der Waals surface area contributed by atoms with Crippen molar-refractivity contribution in [1.29, 1.82) is 0 Å². The van der Waals surface area contributed by atoms with Gasteiger partial charge in [0.1, 0.15) is 11.9 Å². The lowest BCUT2D eigenvalue weighted by molar-refractivity contribution is 0.0921. The fourth-order valence-electron chi connectivity index (χ4n) is 3.05. The number of nitrogens with one attached hydrogen (secondary N) is 1. The summed E-state index contributed by atoms with van der Waals surface area (Å²) in [5.41, 5.74) is 2.28. The van der Waals surface area contributed by atoms with Crippen LogP contribution >= 0.6 is 0 Å². The lowest BCUT2D eigenvalue weighted by Gasteiger charge is -2.27. The van der Waals surface area contributed by atoms with Crippen LogP contribution in [0.4, 0.5) is 0 Å². The van der Waals surface area contributed by atoms with Crippen molar-refractivity contribution in [2.45, 2.75) is 38.4 Å². The molecule has 1 aromatic carbocycles. The molecule has 0 bridgehead atoms. The van der Waals surface area contributed by atoms with Crippen LogP contribution in [0.15, 0.2) is 18.2 Å². The summed E-state index contributed by atoms with van der Waals surface area (Å²) >= 11 is 0. The van der Waals surface area contributed by atoms with Crippen molar-refractivity contribution in [3.63, 3.8) is 0 Å². The molecule has 18 heavy (non-hydrogen) atoms. The average molecular weight is 247 g/mol. The van der Waals surface area contributed by atoms with Crippen molar-refractivity contribution in [3.05, 3.63) is 29.3 Å². The number of aliphatic hydroxyl groups is 1. The predicted octanol–water partition coefficient (Wildman–Crippen LogP) is 2.04. The van der Waals surface area contributed by atoms with E-state index in [9.17, 15) is 5.11 Å². The van der Waals surface area contributed by atoms with E-state index in [0.717, 1.165) is 43.7 Å². The van der Waals surface area contributed by atoms with Gasteiger partial charge in [0, 0.05) is 18.9 Å². The van der Waals surface area contributed by atoms with Crippen molar-refractivity contribution >= 4 is 0 Å². The van der Waals surface area contributed by atoms with Crippen LogP contribution in [0.25, 0.3) is 0 Å². The maximum absolute atomic E-state index is 10.5. The first-order valence-electron chi connectivity index (χ1n) is 6.92. The molecular weight excluding hydrogens is 226 g/mol. The zero-order valence-corrected chi connectivity index (χ0v) is 10.9. The standard InChI is InChI=1S/C15H21NO2/c1-10-7-13-8-11(4-5-14(13)18-10)15(17)12-3-2-6-16-9-12/h4-5,8,10,12,15-17H,2-3,6-7,9H2,1H3. The Morgan fingerprint density at radius 3 is 3.11 bits per heavy atom. The highest BCUT2D eigenvalue weighted by molar-refractivity contribution is 5.41. The Morgan fingerprint density at radius 1 is 1.44 bits per heavy atom. The number of ether oxygens (including phenoxy) is 1. The van der Waals surface area contributed by atoms with E-state index in [1.165, 1.54) is 5.56 Å². The van der Waals surface area contributed by atoms with Crippen LogP contribution in [0.3, 0.4) is 0 Å². The van der Waals surface area contributed by atoms with Crippen LogP contribution in [-0.4, -0.2) is 24.3 Å². The van der Waals surface area contributed by atoms with Crippen LogP contribution in [-0.2, 0) is 6.42 Å². The Bertz CT molecular complexity index is 427. The lowest BCUT2D eigenvalue weighted by atomic mass is 9.88. The first-order valence-corrected chi connectivity index (χ1v) is 6.92. The molecule has 3 unspecified atom stereocenters. The van der Waals surface area contributed by atoms with E-state index in [2.05, 4.69) is 18.3 Å². The molecule has 3 rings (SSSR count). The Morgan fingerprint density at radius 2 is 2.33 bits per heavy atom. The smallest absolute Gasteiger partial charge is 0.123 e. The first-order chi connectivity index (χ1) is 8.74. The van der Waals surface area contributed by atoms with E-state index in [1.807, 2.05) is 12.1 Å². The molecule has 2 heterocycles. The van der Waals surface area contributed by atoms with Crippen LogP contribution in [0.2, 0.25) is 0 Å². The highest BCUT2D eigenvalue weighted by Crippen LogP contribution is 2.34. The largest absolute Gasteiger partial charge is 0.490 e. The summed E-state index contributed by atoms with van der Waals surface area (Å²) in [6, 6.07) is 6.14. The molecule has 3 atom stereocenters. The first kappa shape index (κ1) is 12.0. The predicted molar refractivity (Wildman–Crippen MR) is 70.8 cm³/mol. The lowest BCUT2D eigenvalue weighted by Crippen LogP contribution is -2.33. The van der Waals surface area contributed by atoms with E-state index in [0.29, 0.717) is 5.92 Å². The fraction of sp³-hybridized carbons (Fsp3) is 0.600. The SMILES string of the molecule is CC1Cc2cc(C(O)C3CCCNC3)ccc2O1. The van der Waals surface area contributed by atoms with Gasteiger partial charge in [-0.2, -0.15) is 0 Å². The second kappa shape index (κ2) is 4.90. The summed E-state index contributed by atoms with van der Waals surface area (Å²) in [5.74, 6) is 1.33. The molecule has 98 valence electrons. The number of piperidine rings is 1. The average Bonchev–Trinajstić information content (AvgIpc) is 2.78. The number of aliphatic hydroxyl groups excluding tert-OH is 1. The molecule has 0 spiro atoms. The third-order valence-corrected chi connectivity index (χ3v) is 4.04. The van der Waals surface area contributed by atoms with Gasteiger partial charge < -0.3 is 15.2 Å². The molecular formula is C15H21NO2. The minimum atomic E-state index is -0.348. The number of hydrogen-bond donors (Lipinski definition) is 2. The Balaban J connectivity index is 1.78. The van der Waals surface area contributed by atoms with Crippen molar-refractivity contribution in [2.75, 3.05) is 13.1 Å². The zero-order valence-electron chi connectivity index (χ0n) is 10.9. The van der Waals surface area contributed by atoms with Gasteiger partial charge in [0.25, 0.3) is 0 Å². The van der Waals surface area contributed by atoms with Crippen molar-refractivity contribution in [2.24, 2.45) is 5.92 Å². The van der Waals surface area contributed by atoms with Gasteiger partial charge in [-0.05, 0) is 49.6 Å². The van der Waals surface area contributed by atoms with Gasteiger partial charge in [0.05, 0.1) is 6.10 Å². The molecule has 2 N–H and O–H groups in total. The molecule has 0 aromatic heterocycles. The molecule has 1 aromatic rings. The van der Waals surface area contributed by atoms with Gasteiger partial charge in [-0.15, -0.1) is 0 Å². The van der Waals surface area contributed by atoms with E-state index in [1.54, 1.807) is 0 Å². The summed E-state index contributed by atoms with van der Waals surface area (Å²) in [7, 11) is 0. The van der Waals surface area contributed by atoms with Gasteiger partial charge in [-0.1, -0.05) is 6.07 Å². The van der Waals surface area contributed by atoms with Gasteiger partial charge in [-0.25, -0.2) is 0 Å². The minimum absolute atomic E-state index is 0.267. The second-order valence-corrected chi connectivity index (χ2v) is 5.55. The summed E-state index contributed by atoms with van der Waals surface area (Å²) in [6.07, 6.45) is 3.15. The van der Waals surface area contributed by atoms with Gasteiger partial charge in [-0.3, -0.25) is 0 Å². The molecule has 0 amide bonds. The molecule has 2 aliphatic rings. The molecule has 1 saturated heterocycles. The second-order valence-electron chi connectivity index (χ2n) is 5.55. The van der Waals surface area contributed by atoms with E-state index < -0.39 is 0 Å². The van der Waals surface area contributed by atoms with Crippen LogP contribution < -0.4 is 10.1 Å². The summed E-state index contributed by atoms with van der Waals surface area (Å²) in [4.78, 5) is 0. The van der Waals surface area contributed by atoms with Crippen LogP contribution in [0, 0.1) is 5.92 Å². The Labute approximate surface area is 108 Å². The van der Waals surface area contributed by atoms with Gasteiger partial charge in [0.15, 0.2) is 0 Å². The zero-order chi connectivity index (χ0) is 12.5. The third-order valence-electron chi connectivity index (χ3n) is 4.04. The summed E-state index contributed by atoms with van der Waals surface area (Å²) in [6.45, 7) is 4.09. The highest BCUT2D eigenvalue weighted by atomic mass is 16.5. The molecule has 3 heteroatoms. The molecule has 1 fully saturated rings. The highest BCUT2D eigenvalue weighted by Gasteiger charge is 2.25. The fourth-order valence-corrected chi connectivity index (χ4v) is 3.05. The quantitative estimate of drug-likeness (QED) is 0.840. The summed E-state index contributed by atoms with van der Waals surface area (Å²) < 4.78 is 5.69. The van der Waals surface area contributed by atoms with Gasteiger partial charge in [0.2, 0.25) is 0 Å². The maximum Gasteiger partial charge on any atom is 0.123 e. The van der Waals surface area contributed by atoms with Crippen molar-refractivity contribution < 1.29 is 9.84 Å². The Hall–Kier alpha value is -1.06. The van der Waals surface area contributed by atoms with Crippen LogP contribution in [0.5, 0.6) is 5.75 Å². The number of hydrogen-bond acceptors (Lipinski definition) is 3. The molecule has 2 aliphatic heterocycles. The molecule has 0 saturated carbocycles. The minimum Gasteiger partial charge on any atom is -0.490 e. The van der Waals surface area contributed by atoms with Crippen LogP contribution in [0.1, 0.15) is 37.0 Å². The molecule has 0 aliphatic carbocycles. The third kappa shape index (κ3) is 2.25. The van der Waals surface area contributed by atoms with Crippen molar-refractivity contribution in [1.82, 2.24) is 5.32 Å². The normalized spacial score (nSPS) is 28.6. The maximum atomic E-state index is 10.5. The number of benzene rings is 1. The number of rotatable bonds is 2. The number of fused-ring (bicyclic) bond motifs is 1.